The summed E-state index contributed by atoms with van der Waals surface area (Å²) in [5, 5.41) is 9.71. The highest BCUT2D eigenvalue weighted by atomic mass is 32.2. The van der Waals surface area contributed by atoms with Crippen LogP contribution in [0.15, 0.2) is 65.6 Å². The number of aryl methyl sites for hydroxylation is 1. The standard InChI is InChI=1S/C29H30N2O6S/c1-5-23-18-31(38(34,35)28-9-7-6-8-26(28)37-23)17-21-14-20(11-10-19(21)2)25(16-29(32)33)24-13-12-22(30-3)15-27(24)36-4/h6-15,23,25H,5,16-18H2,1-2,4H3,(H,32,33)/t23-,25?/m1/s1. The van der Waals surface area contributed by atoms with E-state index in [0.29, 0.717) is 29.2 Å². The molecule has 3 aromatic carbocycles. The van der Waals surface area contributed by atoms with Crippen molar-refractivity contribution in [3.63, 3.8) is 0 Å². The summed E-state index contributed by atoms with van der Waals surface area (Å²) in [4.78, 5) is 15.4. The number of fused-ring (bicyclic) bond motifs is 1. The summed E-state index contributed by atoms with van der Waals surface area (Å²) < 4.78 is 40.3. The molecule has 0 saturated carbocycles. The van der Waals surface area contributed by atoms with Crippen LogP contribution in [0.5, 0.6) is 11.5 Å². The fraction of sp³-hybridized carbons (Fsp3) is 0.310. The van der Waals surface area contributed by atoms with E-state index in [1.807, 2.05) is 32.0 Å². The molecule has 1 N–H and O–H groups in total. The van der Waals surface area contributed by atoms with E-state index in [4.69, 9.17) is 16.0 Å². The number of carboxylic acids is 1. The summed E-state index contributed by atoms with van der Waals surface area (Å²) in [7, 11) is -2.35. The minimum Gasteiger partial charge on any atom is -0.498 e. The number of ether oxygens (including phenoxy) is 2. The van der Waals surface area contributed by atoms with Gasteiger partial charge in [0.25, 0.3) is 0 Å². The summed E-state index contributed by atoms with van der Waals surface area (Å²) >= 11 is 0. The Balaban J connectivity index is 1.76. The summed E-state index contributed by atoms with van der Waals surface area (Å²) in [5.41, 5.74) is 3.42. The predicted molar refractivity (Wildman–Crippen MR) is 143 cm³/mol. The molecule has 0 bridgehead atoms. The molecule has 38 heavy (non-hydrogen) atoms. The molecule has 2 atom stereocenters. The number of hydrogen-bond donors (Lipinski definition) is 1. The zero-order chi connectivity index (χ0) is 27.4. The molecule has 0 aromatic heterocycles. The number of benzene rings is 3. The van der Waals surface area contributed by atoms with Crippen LogP contribution in [0, 0.1) is 13.5 Å². The van der Waals surface area contributed by atoms with Gasteiger partial charge in [0.2, 0.25) is 10.0 Å². The maximum Gasteiger partial charge on any atom is 0.304 e. The normalized spacial score (nSPS) is 17.4. The predicted octanol–water partition coefficient (Wildman–Crippen LogP) is 5.52. The lowest BCUT2D eigenvalue weighted by Gasteiger charge is -2.25. The first-order chi connectivity index (χ1) is 18.2. The van der Waals surface area contributed by atoms with Crippen molar-refractivity contribution >= 4 is 21.7 Å². The first-order valence-electron chi connectivity index (χ1n) is 12.3. The number of aliphatic carboxylic acids is 1. The van der Waals surface area contributed by atoms with Crippen molar-refractivity contribution < 1.29 is 27.8 Å². The van der Waals surface area contributed by atoms with Gasteiger partial charge in [0.05, 0.1) is 26.6 Å². The van der Waals surface area contributed by atoms with Gasteiger partial charge in [0.15, 0.2) is 5.69 Å². The van der Waals surface area contributed by atoms with Crippen molar-refractivity contribution in [2.24, 2.45) is 0 Å². The quantitative estimate of drug-likeness (QED) is 0.382. The number of rotatable bonds is 8. The van der Waals surface area contributed by atoms with Gasteiger partial charge in [-0.1, -0.05) is 49.4 Å². The van der Waals surface area contributed by atoms with E-state index < -0.39 is 21.9 Å². The second-order valence-corrected chi connectivity index (χ2v) is 11.2. The molecule has 0 saturated heterocycles. The monoisotopic (exact) mass is 534 g/mol. The third-order valence-electron chi connectivity index (χ3n) is 6.85. The second kappa shape index (κ2) is 11.3. The Kier molecular flexibility index (Phi) is 8.05. The molecule has 9 heteroatoms. The molecule has 0 radical (unpaired) electrons. The largest absolute Gasteiger partial charge is 0.498 e. The molecule has 1 unspecified atom stereocenters. The lowest BCUT2D eigenvalue weighted by molar-refractivity contribution is -0.137. The molecule has 1 heterocycles. The van der Waals surface area contributed by atoms with E-state index >= 15 is 0 Å². The van der Waals surface area contributed by atoms with Crippen LogP contribution in [0.25, 0.3) is 4.85 Å². The van der Waals surface area contributed by atoms with Crippen LogP contribution in [0.1, 0.15) is 47.9 Å². The third-order valence-corrected chi connectivity index (χ3v) is 8.70. The van der Waals surface area contributed by atoms with Gasteiger partial charge in [-0.05, 0) is 53.8 Å². The molecular formula is C29H30N2O6S. The van der Waals surface area contributed by atoms with E-state index in [1.54, 1.807) is 42.5 Å². The number of nitrogens with zero attached hydrogens (tertiary/aromatic N) is 2. The molecule has 4 rings (SSSR count). The molecule has 0 fully saturated rings. The Morgan fingerprint density at radius 2 is 1.97 bits per heavy atom. The summed E-state index contributed by atoms with van der Waals surface area (Å²) in [6.07, 6.45) is 0.138. The topological polar surface area (TPSA) is 97.5 Å². The molecular weight excluding hydrogens is 504 g/mol. The first-order valence-corrected chi connectivity index (χ1v) is 13.7. The zero-order valence-corrected chi connectivity index (χ0v) is 22.4. The van der Waals surface area contributed by atoms with Crippen molar-refractivity contribution in [2.75, 3.05) is 13.7 Å². The van der Waals surface area contributed by atoms with Crippen molar-refractivity contribution in [3.8, 4) is 11.5 Å². The van der Waals surface area contributed by atoms with Gasteiger partial charge < -0.3 is 14.6 Å². The van der Waals surface area contributed by atoms with Crippen LogP contribution in [0.4, 0.5) is 5.69 Å². The van der Waals surface area contributed by atoms with Crippen LogP contribution in [0.2, 0.25) is 0 Å². The van der Waals surface area contributed by atoms with Gasteiger partial charge >= 0.3 is 5.97 Å². The van der Waals surface area contributed by atoms with E-state index in [2.05, 4.69) is 4.85 Å². The van der Waals surface area contributed by atoms with Crippen LogP contribution in [0.3, 0.4) is 0 Å². The third kappa shape index (κ3) is 5.52. The van der Waals surface area contributed by atoms with Crippen LogP contribution >= 0.6 is 0 Å². The summed E-state index contributed by atoms with van der Waals surface area (Å²) in [6.45, 7) is 11.5. The van der Waals surface area contributed by atoms with Gasteiger partial charge in [0, 0.05) is 12.5 Å². The van der Waals surface area contributed by atoms with Crippen molar-refractivity contribution in [1.82, 2.24) is 4.31 Å². The second-order valence-electron chi connectivity index (χ2n) is 9.27. The van der Waals surface area contributed by atoms with Gasteiger partial charge in [0.1, 0.15) is 22.5 Å². The average Bonchev–Trinajstić information content (AvgIpc) is 3.01. The highest BCUT2D eigenvalue weighted by Gasteiger charge is 2.34. The summed E-state index contributed by atoms with van der Waals surface area (Å²) in [5.74, 6) is -0.761. The summed E-state index contributed by atoms with van der Waals surface area (Å²) in [6, 6.07) is 17.2. The van der Waals surface area contributed by atoms with Crippen molar-refractivity contribution in [1.29, 1.82) is 0 Å². The number of methoxy groups -OCH3 is 1. The van der Waals surface area contributed by atoms with E-state index in [9.17, 15) is 18.3 Å². The van der Waals surface area contributed by atoms with Gasteiger partial charge in [-0.15, -0.1) is 0 Å². The van der Waals surface area contributed by atoms with Gasteiger partial charge in [-0.25, -0.2) is 13.3 Å². The molecule has 198 valence electrons. The maximum absolute atomic E-state index is 13.7. The molecule has 0 amide bonds. The lowest BCUT2D eigenvalue weighted by atomic mass is 9.86. The van der Waals surface area contributed by atoms with Crippen molar-refractivity contribution in [3.05, 3.63) is 94.3 Å². The van der Waals surface area contributed by atoms with Gasteiger partial charge in [-0.3, -0.25) is 4.79 Å². The number of para-hydroxylation sites is 1. The molecule has 1 aliphatic rings. The van der Waals surface area contributed by atoms with E-state index in [0.717, 1.165) is 16.7 Å². The fourth-order valence-electron chi connectivity index (χ4n) is 4.71. The molecule has 1 aliphatic heterocycles. The highest BCUT2D eigenvalue weighted by molar-refractivity contribution is 7.89. The Labute approximate surface area is 223 Å². The van der Waals surface area contributed by atoms with E-state index in [-0.39, 0.29) is 30.5 Å². The Hall–Kier alpha value is -3.87. The Morgan fingerprint density at radius 1 is 1.21 bits per heavy atom. The minimum atomic E-state index is -3.83. The van der Waals surface area contributed by atoms with Crippen LogP contribution in [-0.2, 0) is 21.4 Å². The number of sulfonamides is 1. The number of hydrogen-bond acceptors (Lipinski definition) is 5. The molecule has 0 aliphatic carbocycles. The smallest absolute Gasteiger partial charge is 0.304 e. The minimum absolute atomic E-state index is 0.115. The number of carboxylic acid groups (broad SMARTS) is 1. The average molecular weight is 535 g/mol. The maximum atomic E-state index is 13.7. The molecule has 8 nitrogen and oxygen atoms in total. The fourth-order valence-corrected chi connectivity index (χ4v) is 6.28. The van der Waals surface area contributed by atoms with Crippen LogP contribution < -0.4 is 9.47 Å². The number of carbonyl (C=O) groups is 1. The van der Waals surface area contributed by atoms with Crippen molar-refractivity contribution in [2.45, 2.75) is 50.2 Å². The van der Waals surface area contributed by atoms with E-state index in [1.165, 1.54) is 11.4 Å². The molecule has 3 aromatic rings. The SMILES string of the molecule is [C-]#[N+]c1ccc(C(CC(=O)O)c2ccc(C)c(CN3C[C@@H](CC)Oc4ccccc4S3(=O)=O)c2)c(OC)c1. The first kappa shape index (κ1) is 27.2. The molecule has 0 spiro atoms. The Bertz CT molecular complexity index is 1500. The lowest BCUT2D eigenvalue weighted by Crippen LogP contribution is -2.36. The Morgan fingerprint density at radius 3 is 2.66 bits per heavy atom. The zero-order valence-electron chi connectivity index (χ0n) is 21.5. The highest BCUT2D eigenvalue weighted by Crippen LogP contribution is 2.38. The van der Waals surface area contributed by atoms with Crippen LogP contribution in [-0.4, -0.2) is 43.6 Å². The van der Waals surface area contributed by atoms with Gasteiger partial charge in [-0.2, -0.15) is 4.31 Å².